The second-order valence-electron chi connectivity index (χ2n) is 16.3. The molecule has 0 spiro atoms. The van der Waals surface area contributed by atoms with Crippen LogP contribution in [0.25, 0.3) is 33.6 Å². The number of rotatable bonds is 15. The molecule has 0 saturated carbocycles. The summed E-state index contributed by atoms with van der Waals surface area (Å²) in [6, 6.07) is 31.8. The Morgan fingerprint density at radius 2 is 1.27 bits per heavy atom. The third-order valence-corrected chi connectivity index (χ3v) is 12.5. The van der Waals surface area contributed by atoms with Crippen molar-refractivity contribution in [1.82, 2.24) is 40.0 Å². The monoisotopic (exact) mass is 850 g/mol. The van der Waals surface area contributed by atoms with Crippen LogP contribution in [0.1, 0.15) is 86.9 Å². The number of halogens is 1. The quantitative estimate of drug-likeness (QED) is 0.0937. The Morgan fingerprint density at radius 3 is 1.83 bits per heavy atom. The zero-order valence-corrected chi connectivity index (χ0v) is 36.1. The molecule has 4 heterocycles. The molecule has 3 amide bonds. The van der Waals surface area contributed by atoms with Gasteiger partial charge in [0.1, 0.15) is 23.5 Å². The van der Waals surface area contributed by atoms with Gasteiger partial charge in [0, 0.05) is 25.6 Å². The number of alkyl carbamates (subject to hydrolysis) is 1. The van der Waals surface area contributed by atoms with E-state index in [4.69, 9.17) is 14.7 Å². The molecule has 3 N–H and O–H groups in total. The summed E-state index contributed by atoms with van der Waals surface area (Å²) < 4.78 is 19.3. The van der Waals surface area contributed by atoms with Gasteiger partial charge in [0.25, 0.3) is 0 Å². The van der Waals surface area contributed by atoms with E-state index in [1.54, 1.807) is 29.3 Å². The summed E-state index contributed by atoms with van der Waals surface area (Å²) in [5.41, 5.74) is 7.30. The topological polar surface area (TPSA) is 140 Å². The van der Waals surface area contributed by atoms with Gasteiger partial charge in [-0.1, -0.05) is 111 Å². The predicted molar refractivity (Wildman–Crippen MR) is 241 cm³/mol. The molecule has 4 atom stereocenters. The zero-order valence-electron chi connectivity index (χ0n) is 36.1. The van der Waals surface area contributed by atoms with E-state index in [-0.39, 0.29) is 48.6 Å². The van der Waals surface area contributed by atoms with Crippen molar-refractivity contribution in [2.24, 2.45) is 0 Å². The maximum Gasteiger partial charge on any atom is 0.407 e. The Bertz CT molecular complexity index is 2480. The number of likely N-dealkylation sites (N-methyl/N-ethyl adjacent to an activating group) is 1. The van der Waals surface area contributed by atoms with E-state index < -0.39 is 12.1 Å². The predicted octanol–water partition coefficient (Wildman–Crippen LogP) is 9.04. The molecule has 12 nitrogen and oxygen atoms in total. The largest absolute Gasteiger partial charge is 0.453 e. The lowest BCUT2D eigenvalue weighted by molar-refractivity contribution is -0.138. The lowest BCUT2D eigenvalue weighted by Crippen LogP contribution is -2.43. The van der Waals surface area contributed by atoms with Crippen molar-refractivity contribution in [2.75, 3.05) is 33.3 Å². The van der Waals surface area contributed by atoms with Crippen molar-refractivity contribution >= 4 is 17.9 Å². The number of likely N-dealkylation sites (tertiary alicyclic amines) is 2. The molecule has 326 valence electrons. The fourth-order valence-electron chi connectivity index (χ4n) is 9.20. The lowest BCUT2D eigenvalue weighted by atomic mass is 10.0. The molecule has 8 rings (SSSR count). The maximum absolute atomic E-state index is 14.5. The number of aromatic amines is 2. The zero-order chi connectivity index (χ0) is 43.9. The number of nitrogens with zero attached hydrogens (tertiary/aromatic N) is 5. The minimum Gasteiger partial charge on any atom is -0.453 e. The van der Waals surface area contributed by atoms with Crippen LogP contribution < -0.4 is 5.32 Å². The molecule has 2 saturated heterocycles. The molecular weight excluding hydrogens is 796 g/mol. The minimum atomic E-state index is -0.671. The minimum absolute atomic E-state index is 0.00636. The first-order valence-corrected chi connectivity index (χ1v) is 22.0. The average molecular weight is 851 g/mol. The number of H-pyrrole nitrogens is 2. The summed E-state index contributed by atoms with van der Waals surface area (Å²) in [5, 5.41) is 2.72. The van der Waals surface area contributed by atoms with E-state index in [1.807, 2.05) is 41.4 Å². The normalized spacial score (nSPS) is 17.2. The van der Waals surface area contributed by atoms with Gasteiger partial charge in [-0.25, -0.2) is 19.2 Å². The van der Waals surface area contributed by atoms with Gasteiger partial charge >= 0.3 is 6.09 Å². The van der Waals surface area contributed by atoms with Crippen molar-refractivity contribution in [2.45, 2.75) is 76.5 Å². The van der Waals surface area contributed by atoms with Crippen LogP contribution in [-0.4, -0.2) is 91.9 Å². The van der Waals surface area contributed by atoms with Gasteiger partial charge in [0.2, 0.25) is 11.8 Å². The summed E-state index contributed by atoms with van der Waals surface area (Å²) in [6.45, 7) is 7.05. The van der Waals surface area contributed by atoms with E-state index in [1.165, 1.54) is 13.2 Å². The van der Waals surface area contributed by atoms with E-state index in [0.717, 1.165) is 83.8 Å². The average Bonchev–Trinajstić information content (AvgIpc) is 4.17. The number of methoxy groups -OCH3 is 1. The number of carbonyl (C=O) groups excluding carboxylic acids is 3. The highest BCUT2D eigenvalue weighted by atomic mass is 19.1. The number of hydrogen-bond acceptors (Lipinski definition) is 7. The Kier molecular flexibility index (Phi) is 13.4. The van der Waals surface area contributed by atoms with Crippen LogP contribution >= 0.6 is 0 Å². The molecule has 2 fully saturated rings. The van der Waals surface area contributed by atoms with Crippen molar-refractivity contribution in [1.29, 1.82) is 0 Å². The highest BCUT2D eigenvalue weighted by Crippen LogP contribution is 2.37. The molecule has 2 aliphatic rings. The second-order valence-corrected chi connectivity index (χ2v) is 16.3. The van der Waals surface area contributed by atoms with Crippen LogP contribution in [0.15, 0.2) is 116 Å². The third kappa shape index (κ3) is 9.58. The molecule has 2 aromatic heterocycles. The van der Waals surface area contributed by atoms with Crippen LogP contribution in [0.5, 0.6) is 0 Å². The summed E-state index contributed by atoms with van der Waals surface area (Å²) >= 11 is 0. The molecular formula is C50H55FN8O4. The number of aromatic nitrogens is 4. The van der Waals surface area contributed by atoms with Crippen LogP contribution in [0.3, 0.4) is 0 Å². The highest BCUT2D eigenvalue weighted by Gasteiger charge is 2.38. The molecule has 0 bridgehead atoms. The lowest BCUT2D eigenvalue weighted by Gasteiger charge is -2.34. The highest BCUT2D eigenvalue weighted by molar-refractivity contribution is 5.84. The Morgan fingerprint density at radius 1 is 0.746 bits per heavy atom. The van der Waals surface area contributed by atoms with E-state index >= 15 is 0 Å². The molecule has 0 unspecified atom stereocenters. The Labute approximate surface area is 367 Å². The van der Waals surface area contributed by atoms with Crippen LogP contribution in [-0.2, 0) is 20.7 Å². The first-order chi connectivity index (χ1) is 30.7. The van der Waals surface area contributed by atoms with Gasteiger partial charge in [-0.15, -0.1) is 0 Å². The number of amides is 3. The van der Waals surface area contributed by atoms with Gasteiger partial charge in [-0.3, -0.25) is 14.5 Å². The fraction of sp³-hybridized carbons (Fsp3) is 0.340. The number of benzene rings is 4. The molecule has 0 radical (unpaired) electrons. The van der Waals surface area contributed by atoms with Gasteiger partial charge in [0.05, 0.1) is 43.0 Å². The summed E-state index contributed by atoms with van der Waals surface area (Å²) in [6.07, 6.45) is 6.50. The number of nitrogens with one attached hydrogen (secondary N) is 3. The number of hydrogen-bond donors (Lipinski definition) is 3. The fourth-order valence-corrected chi connectivity index (χ4v) is 9.20. The standard InChI is InChI=1S/C50H55FN8O4/c1-4-57(5-2)46(37-13-7-6-8-14-37)49(61)59-28-12-18-44(59)48-53-32-42(56-48)36-25-21-34(22-26-36)33-19-23-35(24-20-33)41-31-52-47(55-41)43-17-11-27-58(43)45(60)30-39(54-50(62)63-3)29-38-15-9-10-16-40(38)51/h6-10,13-16,19-26,31-32,39,43-44,46H,4-5,11-12,17-18,27-30H2,1-3H3,(H,52,55)(H,53,56)(H,54,62)/t39-,43+,44+,46-/m1/s1. The first-order valence-electron chi connectivity index (χ1n) is 22.0. The van der Waals surface area contributed by atoms with Crippen LogP contribution in [0.4, 0.5) is 9.18 Å². The molecule has 4 aromatic carbocycles. The summed E-state index contributed by atoms with van der Waals surface area (Å²) in [7, 11) is 1.26. The van der Waals surface area contributed by atoms with Gasteiger partial charge in [-0.2, -0.15) is 0 Å². The SMILES string of the molecule is CCN(CC)[C@@H](C(=O)N1CCC[C@H]1c1ncc(-c2ccc(-c3ccc(-c4cnc([C@@H]5CCCN5C(=O)C[C@@H](Cc5ccccc5F)NC(=O)OC)[nH]4)cc3)cc2)[nH]1)c1ccccc1. The smallest absolute Gasteiger partial charge is 0.407 e. The van der Waals surface area contributed by atoms with Crippen molar-refractivity contribution < 1.29 is 23.5 Å². The number of ether oxygens (including phenoxy) is 1. The van der Waals surface area contributed by atoms with Gasteiger partial charge in [-0.05, 0) is 84.6 Å². The third-order valence-electron chi connectivity index (χ3n) is 12.5. The summed E-state index contributed by atoms with van der Waals surface area (Å²) in [4.78, 5) is 62.7. The molecule has 6 aromatic rings. The molecule has 0 aliphatic carbocycles. The second kappa shape index (κ2) is 19.6. The van der Waals surface area contributed by atoms with E-state index in [9.17, 15) is 18.8 Å². The Hall–Kier alpha value is -6.60. The van der Waals surface area contributed by atoms with Crippen molar-refractivity contribution in [3.8, 4) is 33.6 Å². The first kappa shape index (κ1) is 43.1. The summed E-state index contributed by atoms with van der Waals surface area (Å²) in [5.74, 6) is 1.10. The van der Waals surface area contributed by atoms with Crippen molar-refractivity contribution in [3.63, 3.8) is 0 Å². The van der Waals surface area contributed by atoms with Gasteiger partial charge in [0.15, 0.2) is 0 Å². The molecule has 2 aliphatic heterocycles. The van der Waals surface area contributed by atoms with Gasteiger partial charge < -0.3 is 29.8 Å². The Balaban J connectivity index is 0.908. The molecule has 63 heavy (non-hydrogen) atoms. The number of carbonyl (C=O) groups is 3. The van der Waals surface area contributed by atoms with Crippen molar-refractivity contribution in [3.05, 3.63) is 144 Å². The number of imidazole rings is 2. The van der Waals surface area contributed by atoms with E-state index in [0.29, 0.717) is 24.5 Å². The van der Waals surface area contributed by atoms with Crippen LogP contribution in [0.2, 0.25) is 0 Å². The molecule has 13 heteroatoms. The van der Waals surface area contributed by atoms with E-state index in [2.05, 4.69) is 82.6 Å². The van der Waals surface area contributed by atoms with Crippen LogP contribution in [0, 0.1) is 5.82 Å². The maximum atomic E-state index is 14.5.